The molecule has 0 bridgehead atoms. The van der Waals surface area contributed by atoms with Crippen LogP contribution in [0.4, 0.5) is 5.69 Å². The molecule has 0 aromatic heterocycles. The minimum absolute atomic E-state index is 0.0200. The highest BCUT2D eigenvalue weighted by molar-refractivity contribution is 6.31. The predicted octanol–water partition coefficient (Wildman–Crippen LogP) is 2.47. The second-order valence-corrected chi connectivity index (χ2v) is 6.25. The predicted molar refractivity (Wildman–Crippen MR) is 84.3 cm³/mol. The van der Waals surface area contributed by atoms with Gasteiger partial charge in [0.25, 0.3) is 5.91 Å². The van der Waals surface area contributed by atoms with E-state index < -0.39 is 0 Å². The Morgan fingerprint density at radius 1 is 1.41 bits per heavy atom. The fourth-order valence-electron chi connectivity index (χ4n) is 3.04. The van der Waals surface area contributed by atoms with Crippen molar-refractivity contribution in [1.82, 2.24) is 4.90 Å². The Balaban J connectivity index is 1.81. The van der Waals surface area contributed by atoms with E-state index in [1.807, 2.05) is 4.90 Å². The average molecular weight is 323 g/mol. The van der Waals surface area contributed by atoms with Crippen molar-refractivity contribution in [2.75, 3.05) is 24.6 Å². The molecule has 22 heavy (non-hydrogen) atoms. The summed E-state index contributed by atoms with van der Waals surface area (Å²) in [6.07, 6.45) is 3.20. The molecule has 1 saturated heterocycles. The molecule has 5 nitrogen and oxygen atoms in total. The van der Waals surface area contributed by atoms with Gasteiger partial charge in [0.1, 0.15) is 12.3 Å². The third kappa shape index (κ3) is 2.90. The first-order chi connectivity index (χ1) is 10.6. The first-order valence-electron chi connectivity index (χ1n) is 7.58. The van der Waals surface area contributed by atoms with Gasteiger partial charge in [-0.15, -0.1) is 0 Å². The largest absolute Gasteiger partial charge is 0.482 e. The van der Waals surface area contributed by atoms with Gasteiger partial charge in [-0.05, 0) is 44.4 Å². The molecule has 0 N–H and O–H groups in total. The van der Waals surface area contributed by atoms with E-state index in [2.05, 4.69) is 6.92 Å². The summed E-state index contributed by atoms with van der Waals surface area (Å²) in [5.41, 5.74) is 0.571. The number of hydrogen-bond donors (Lipinski definition) is 0. The molecular formula is C16H19ClN2O3. The monoisotopic (exact) mass is 322 g/mol. The number of piperidine rings is 1. The van der Waals surface area contributed by atoms with Crippen LogP contribution in [0.15, 0.2) is 18.2 Å². The van der Waals surface area contributed by atoms with Gasteiger partial charge >= 0.3 is 0 Å². The summed E-state index contributed by atoms with van der Waals surface area (Å²) in [7, 11) is 0. The third-order valence-corrected chi connectivity index (χ3v) is 4.52. The lowest BCUT2D eigenvalue weighted by Crippen LogP contribution is -2.50. The van der Waals surface area contributed by atoms with Gasteiger partial charge in [-0.2, -0.15) is 0 Å². The Labute approximate surface area is 134 Å². The molecule has 1 atom stereocenters. The van der Waals surface area contributed by atoms with Gasteiger partial charge < -0.3 is 9.64 Å². The van der Waals surface area contributed by atoms with Gasteiger partial charge in [-0.1, -0.05) is 11.6 Å². The van der Waals surface area contributed by atoms with Crippen molar-refractivity contribution in [1.29, 1.82) is 0 Å². The number of hydrogen-bond acceptors (Lipinski definition) is 3. The number of likely N-dealkylation sites (tertiary alicyclic amines) is 1. The molecule has 1 fully saturated rings. The summed E-state index contributed by atoms with van der Waals surface area (Å²) in [5, 5.41) is 0.515. The molecule has 0 saturated carbocycles. The summed E-state index contributed by atoms with van der Waals surface area (Å²) in [4.78, 5) is 28.1. The molecule has 6 heteroatoms. The molecule has 2 amide bonds. The smallest absolute Gasteiger partial charge is 0.265 e. The maximum absolute atomic E-state index is 12.6. The van der Waals surface area contributed by atoms with E-state index >= 15 is 0 Å². The number of rotatable bonds is 2. The SMILES string of the molecule is CC1CCCCN1C(=O)CN1C(=O)COc2ccc(Cl)cc21. The number of nitrogens with zero attached hydrogens (tertiary/aromatic N) is 2. The van der Waals surface area contributed by atoms with Crippen LogP contribution in [0, 0.1) is 0 Å². The first-order valence-corrected chi connectivity index (χ1v) is 7.96. The van der Waals surface area contributed by atoms with Crippen LogP contribution in [-0.2, 0) is 9.59 Å². The van der Waals surface area contributed by atoms with E-state index in [1.165, 1.54) is 4.90 Å². The Bertz CT molecular complexity index is 605. The third-order valence-electron chi connectivity index (χ3n) is 4.28. The molecule has 1 aromatic rings. The van der Waals surface area contributed by atoms with Gasteiger partial charge in [0, 0.05) is 17.6 Å². The summed E-state index contributed by atoms with van der Waals surface area (Å²) >= 11 is 6.01. The normalized spacial score (nSPS) is 21.4. The number of benzene rings is 1. The lowest BCUT2D eigenvalue weighted by molar-refractivity contribution is -0.134. The van der Waals surface area contributed by atoms with Crippen LogP contribution in [0.5, 0.6) is 5.75 Å². The molecule has 0 spiro atoms. The summed E-state index contributed by atoms with van der Waals surface area (Å²) in [6.45, 7) is 2.82. The zero-order valence-electron chi connectivity index (χ0n) is 12.5. The van der Waals surface area contributed by atoms with Gasteiger partial charge in [0.05, 0.1) is 5.69 Å². The topological polar surface area (TPSA) is 49.9 Å². The number of amides is 2. The molecule has 1 aromatic carbocycles. The minimum atomic E-state index is -0.215. The molecule has 0 aliphatic carbocycles. The minimum Gasteiger partial charge on any atom is -0.482 e. The van der Waals surface area contributed by atoms with Gasteiger partial charge in [-0.25, -0.2) is 0 Å². The molecule has 0 radical (unpaired) electrons. The highest BCUT2D eigenvalue weighted by Crippen LogP contribution is 2.34. The molecule has 118 valence electrons. The van der Waals surface area contributed by atoms with E-state index in [9.17, 15) is 9.59 Å². The molecular weight excluding hydrogens is 304 g/mol. The highest BCUT2D eigenvalue weighted by Gasteiger charge is 2.31. The van der Waals surface area contributed by atoms with Gasteiger partial charge in [0.2, 0.25) is 5.91 Å². The molecule has 2 aliphatic heterocycles. The molecule has 2 aliphatic rings. The Morgan fingerprint density at radius 2 is 2.23 bits per heavy atom. The lowest BCUT2D eigenvalue weighted by atomic mass is 10.0. The lowest BCUT2D eigenvalue weighted by Gasteiger charge is -2.36. The van der Waals surface area contributed by atoms with Gasteiger partial charge in [-0.3, -0.25) is 14.5 Å². The van der Waals surface area contributed by atoms with Crippen LogP contribution in [0.2, 0.25) is 5.02 Å². The Morgan fingerprint density at radius 3 is 3.00 bits per heavy atom. The number of halogens is 1. The standard InChI is InChI=1S/C16H19ClN2O3/c1-11-4-2-3-7-18(11)15(20)9-19-13-8-12(17)5-6-14(13)22-10-16(19)21/h5-6,8,11H,2-4,7,9-10H2,1H3. The van der Waals surface area contributed by atoms with Crippen molar-refractivity contribution >= 4 is 29.1 Å². The molecule has 1 unspecified atom stereocenters. The fourth-order valence-corrected chi connectivity index (χ4v) is 3.21. The Hall–Kier alpha value is -1.75. The second-order valence-electron chi connectivity index (χ2n) is 5.81. The van der Waals surface area contributed by atoms with E-state index in [1.54, 1.807) is 18.2 Å². The van der Waals surface area contributed by atoms with Crippen molar-refractivity contribution in [3.63, 3.8) is 0 Å². The van der Waals surface area contributed by atoms with Crippen LogP contribution < -0.4 is 9.64 Å². The van der Waals surface area contributed by atoms with Crippen LogP contribution in [-0.4, -0.2) is 42.5 Å². The van der Waals surface area contributed by atoms with Crippen LogP contribution in [0.1, 0.15) is 26.2 Å². The summed E-state index contributed by atoms with van der Waals surface area (Å²) in [6, 6.07) is 5.34. The van der Waals surface area contributed by atoms with E-state index in [-0.39, 0.29) is 31.0 Å². The van der Waals surface area contributed by atoms with Crippen molar-refractivity contribution in [2.24, 2.45) is 0 Å². The highest BCUT2D eigenvalue weighted by atomic mass is 35.5. The maximum atomic E-state index is 12.6. The summed E-state index contributed by atoms with van der Waals surface area (Å²) < 4.78 is 5.39. The summed E-state index contributed by atoms with van der Waals surface area (Å²) in [5.74, 6) is 0.352. The van der Waals surface area contributed by atoms with E-state index in [0.717, 1.165) is 25.8 Å². The van der Waals surface area contributed by atoms with E-state index in [4.69, 9.17) is 16.3 Å². The molecule has 3 rings (SSSR count). The number of fused-ring (bicyclic) bond motifs is 1. The van der Waals surface area contributed by atoms with Crippen molar-refractivity contribution in [3.8, 4) is 5.75 Å². The zero-order valence-corrected chi connectivity index (χ0v) is 13.3. The van der Waals surface area contributed by atoms with Crippen LogP contribution in [0.25, 0.3) is 0 Å². The quantitative estimate of drug-likeness (QED) is 0.840. The second kappa shape index (κ2) is 6.16. The average Bonchev–Trinajstić information content (AvgIpc) is 2.50. The van der Waals surface area contributed by atoms with Crippen molar-refractivity contribution in [2.45, 2.75) is 32.2 Å². The van der Waals surface area contributed by atoms with Crippen LogP contribution >= 0.6 is 11.6 Å². The van der Waals surface area contributed by atoms with E-state index in [0.29, 0.717) is 16.5 Å². The number of carbonyl (C=O) groups is 2. The van der Waals surface area contributed by atoms with Crippen LogP contribution in [0.3, 0.4) is 0 Å². The Kier molecular flexibility index (Phi) is 4.25. The number of anilines is 1. The molecule has 2 heterocycles. The zero-order chi connectivity index (χ0) is 15.7. The van der Waals surface area contributed by atoms with Crippen molar-refractivity contribution in [3.05, 3.63) is 23.2 Å². The first kappa shape index (κ1) is 15.2. The number of ether oxygens (including phenoxy) is 1. The van der Waals surface area contributed by atoms with Crippen molar-refractivity contribution < 1.29 is 14.3 Å². The number of carbonyl (C=O) groups excluding carboxylic acids is 2. The fraction of sp³-hybridized carbons (Fsp3) is 0.500. The maximum Gasteiger partial charge on any atom is 0.265 e. The van der Waals surface area contributed by atoms with Gasteiger partial charge in [0.15, 0.2) is 6.61 Å².